The molecule has 1 aromatic rings. The molecule has 7 heteroatoms. The summed E-state index contributed by atoms with van der Waals surface area (Å²) in [7, 11) is 3.32. The largest absolute Gasteiger partial charge is 0.478 e. The molecule has 7 nitrogen and oxygen atoms in total. The van der Waals surface area contributed by atoms with Gasteiger partial charge >= 0.3 is 5.97 Å². The molecular formula is C12H18N4O3. The second-order valence-corrected chi connectivity index (χ2v) is 4.11. The number of rotatable bonds is 8. The lowest BCUT2D eigenvalue weighted by Gasteiger charge is -2.21. The molecule has 1 aromatic heterocycles. The van der Waals surface area contributed by atoms with Crippen molar-refractivity contribution in [2.45, 2.75) is 13.0 Å². The number of carboxylic acid groups (broad SMARTS) is 1. The van der Waals surface area contributed by atoms with Crippen LogP contribution in [0.2, 0.25) is 0 Å². The lowest BCUT2D eigenvalue weighted by atomic mass is 10.2. The van der Waals surface area contributed by atoms with Gasteiger partial charge in [0.15, 0.2) is 0 Å². The molecule has 0 fully saturated rings. The lowest BCUT2D eigenvalue weighted by molar-refractivity contribution is 0.0693. The van der Waals surface area contributed by atoms with Crippen molar-refractivity contribution in [1.29, 1.82) is 5.26 Å². The summed E-state index contributed by atoms with van der Waals surface area (Å²) < 4.78 is 6.57. The third kappa shape index (κ3) is 4.35. The maximum atomic E-state index is 11.1. The summed E-state index contributed by atoms with van der Waals surface area (Å²) in [5.74, 6) is -0.991. The van der Waals surface area contributed by atoms with Crippen LogP contribution in [0, 0.1) is 11.3 Å². The molecule has 19 heavy (non-hydrogen) atoms. The van der Waals surface area contributed by atoms with Gasteiger partial charge in [-0.15, -0.1) is 0 Å². The van der Waals surface area contributed by atoms with E-state index >= 15 is 0 Å². The Morgan fingerprint density at radius 3 is 2.95 bits per heavy atom. The van der Waals surface area contributed by atoms with Crippen molar-refractivity contribution in [3.63, 3.8) is 0 Å². The number of aromatic carboxylic acids is 1. The molecule has 1 N–H and O–H groups in total. The number of carboxylic acids is 1. The fourth-order valence-electron chi connectivity index (χ4n) is 1.74. The highest BCUT2D eigenvalue weighted by Crippen LogP contribution is 2.11. The number of ether oxygens (including phenoxy) is 1. The van der Waals surface area contributed by atoms with Crippen molar-refractivity contribution in [1.82, 2.24) is 14.7 Å². The Balaban J connectivity index is 2.80. The van der Waals surface area contributed by atoms with Gasteiger partial charge in [0.25, 0.3) is 0 Å². The van der Waals surface area contributed by atoms with Crippen LogP contribution in [0.15, 0.2) is 6.20 Å². The van der Waals surface area contributed by atoms with E-state index in [4.69, 9.17) is 15.1 Å². The summed E-state index contributed by atoms with van der Waals surface area (Å²) >= 11 is 0. The fourth-order valence-corrected chi connectivity index (χ4v) is 1.74. The number of carbonyl (C=O) groups is 1. The van der Waals surface area contributed by atoms with E-state index in [0.29, 0.717) is 38.4 Å². The molecule has 0 radical (unpaired) electrons. The van der Waals surface area contributed by atoms with Gasteiger partial charge in [-0.25, -0.2) is 4.79 Å². The molecule has 0 unspecified atom stereocenters. The average molecular weight is 266 g/mol. The summed E-state index contributed by atoms with van der Waals surface area (Å²) in [6.45, 7) is 2.18. The smallest absolute Gasteiger partial charge is 0.339 e. The van der Waals surface area contributed by atoms with Crippen LogP contribution in [0.25, 0.3) is 0 Å². The minimum Gasteiger partial charge on any atom is -0.478 e. The van der Waals surface area contributed by atoms with E-state index in [1.807, 2.05) is 4.90 Å². The van der Waals surface area contributed by atoms with E-state index in [0.717, 1.165) is 0 Å². The maximum Gasteiger partial charge on any atom is 0.339 e. The van der Waals surface area contributed by atoms with Crippen molar-refractivity contribution in [3.05, 3.63) is 17.5 Å². The first-order valence-electron chi connectivity index (χ1n) is 5.92. The number of hydrogen-bond acceptors (Lipinski definition) is 5. The maximum absolute atomic E-state index is 11.1. The first-order chi connectivity index (χ1) is 9.10. The first kappa shape index (κ1) is 15.1. The van der Waals surface area contributed by atoms with E-state index in [2.05, 4.69) is 11.2 Å². The molecule has 1 heterocycles. The quantitative estimate of drug-likeness (QED) is 0.736. The van der Waals surface area contributed by atoms with Crippen molar-refractivity contribution < 1.29 is 14.6 Å². The Kier molecular flexibility index (Phi) is 5.99. The van der Waals surface area contributed by atoms with Gasteiger partial charge in [-0.3, -0.25) is 9.58 Å². The first-order valence-corrected chi connectivity index (χ1v) is 5.92. The molecule has 0 aliphatic heterocycles. The average Bonchev–Trinajstić information content (AvgIpc) is 2.74. The predicted molar refractivity (Wildman–Crippen MR) is 67.6 cm³/mol. The van der Waals surface area contributed by atoms with Crippen LogP contribution in [-0.4, -0.2) is 52.6 Å². The molecular weight excluding hydrogens is 248 g/mol. The Hall–Kier alpha value is -1.91. The second kappa shape index (κ2) is 7.51. The highest BCUT2D eigenvalue weighted by atomic mass is 16.5. The van der Waals surface area contributed by atoms with Crippen LogP contribution in [0.4, 0.5) is 0 Å². The summed E-state index contributed by atoms with van der Waals surface area (Å²) in [5.41, 5.74) is 0.823. The molecule has 0 aliphatic rings. The molecule has 0 amide bonds. The van der Waals surface area contributed by atoms with Crippen LogP contribution in [0.1, 0.15) is 22.5 Å². The number of methoxy groups -OCH3 is 1. The minimum absolute atomic E-state index is 0.196. The summed E-state index contributed by atoms with van der Waals surface area (Å²) in [4.78, 5) is 13.1. The normalized spacial score (nSPS) is 10.6. The van der Waals surface area contributed by atoms with Gasteiger partial charge in [0, 0.05) is 40.2 Å². The van der Waals surface area contributed by atoms with Gasteiger partial charge in [0.2, 0.25) is 0 Å². The molecule has 0 saturated heterocycles. The molecule has 0 bridgehead atoms. The van der Waals surface area contributed by atoms with Crippen LogP contribution < -0.4 is 0 Å². The number of aryl methyl sites for hydroxylation is 1. The topological polar surface area (TPSA) is 91.4 Å². The van der Waals surface area contributed by atoms with Gasteiger partial charge < -0.3 is 9.84 Å². The number of hydrogen-bond donors (Lipinski definition) is 1. The third-order valence-corrected chi connectivity index (χ3v) is 2.82. The Bertz CT molecular complexity index is 464. The second-order valence-electron chi connectivity index (χ2n) is 4.11. The molecule has 0 aliphatic carbocycles. The van der Waals surface area contributed by atoms with Crippen LogP contribution in [0.5, 0.6) is 0 Å². The van der Waals surface area contributed by atoms with Crippen molar-refractivity contribution in [2.24, 2.45) is 7.05 Å². The highest BCUT2D eigenvalue weighted by Gasteiger charge is 2.17. The zero-order valence-electron chi connectivity index (χ0n) is 11.2. The van der Waals surface area contributed by atoms with E-state index in [9.17, 15) is 4.79 Å². The van der Waals surface area contributed by atoms with Crippen LogP contribution >= 0.6 is 0 Å². The van der Waals surface area contributed by atoms with Crippen LogP contribution in [0.3, 0.4) is 0 Å². The van der Waals surface area contributed by atoms with Gasteiger partial charge in [-0.1, -0.05) is 0 Å². The summed E-state index contributed by atoms with van der Waals surface area (Å²) in [6.07, 6.45) is 1.74. The number of nitriles is 1. The molecule has 0 spiro atoms. The third-order valence-electron chi connectivity index (χ3n) is 2.82. The van der Waals surface area contributed by atoms with Gasteiger partial charge in [-0.05, 0) is 0 Å². The Morgan fingerprint density at radius 1 is 1.63 bits per heavy atom. The summed E-state index contributed by atoms with van der Waals surface area (Å²) in [5, 5.41) is 21.7. The van der Waals surface area contributed by atoms with Gasteiger partial charge in [0.1, 0.15) is 5.56 Å². The highest BCUT2D eigenvalue weighted by molar-refractivity contribution is 5.88. The van der Waals surface area contributed by atoms with Crippen molar-refractivity contribution >= 4 is 5.97 Å². The molecule has 104 valence electrons. The zero-order chi connectivity index (χ0) is 14.3. The van der Waals surface area contributed by atoms with Crippen molar-refractivity contribution in [3.8, 4) is 6.07 Å². The lowest BCUT2D eigenvalue weighted by Crippen LogP contribution is -2.29. The fraction of sp³-hybridized carbons (Fsp3) is 0.583. The Labute approximate surface area is 112 Å². The SMILES string of the molecule is COCCN(CCC#N)Cc1c(C(=O)O)cnn1C. The van der Waals surface area contributed by atoms with E-state index < -0.39 is 5.97 Å². The predicted octanol–water partition coefficient (Wildman–Crippen LogP) is 0.480. The number of aromatic nitrogens is 2. The minimum atomic E-state index is -0.991. The monoisotopic (exact) mass is 266 g/mol. The summed E-state index contributed by atoms with van der Waals surface area (Å²) in [6, 6.07) is 2.08. The van der Waals surface area contributed by atoms with E-state index in [1.54, 1.807) is 18.8 Å². The Morgan fingerprint density at radius 2 is 2.37 bits per heavy atom. The van der Waals surface area contributed by atoms with E-state index in [1.165, 1.54) is 6.20 Å². The number of nitrogens with zero attached hydrogens (tertiary/aromatic N) is 4. The van der Waals surface area contributed by atoms with Crippen LogP contribution in [-0.2, 0) is 18.3 Å². The zero-order valence-corrected chi connectivity index (χ0v) is 11.2. The van der Waals surface area contributed by atoms with E-state index in [-0.39, 0.29) is 5.56 Å². The molecule has 0 aromatic carbocycles. The molecule has 0 atom stereocenters. The van der Waals surface area contributed by atoms with Crippen molar-refractivity contribution in [2.75, 3.05) is 26.8 Å². The molecule has 0 saturated carbocycles. The standard InChI is InChI=1S/C12H18N4O3/c1-15-11(10(8-14-15)12(17)18)9-16(5-3-4-13)6-7-19-2/h8H,3,5-7,9H2,1-2H3,(H,17,18). The molecule has 1 rings (SSSR count). The van der Waals surface area contributed by atoms with Gasteiger partial charge in [0.05, 0.1) is 24.6 Å². The van der Waals surface area contributed by atoms with Gasteiger partial charge in [-0.2, -0.15) is 10.4 Å².